The van der Waals surface area contributed by atoms with Crippen molar-refractivity contribution in [3.63, 3.8) is 0 Å². The smallest absolute Gasteiger partial charge is 0.262 e. The quantitative estimate of drug-likeness (QED) is 0.769. The summed E-state index contributed by atoms with van der Waals surface area (Å²) in [5.41, 5.74) is 1.51. The molecule has 25 heavy (non-hydrogen) atoms. The maximum atomic E-state index is 12.0. The van der Waals surface area contributed by atoms with E-state index in [4.69, 9.17) is 4.74 Å². The van der Waals surface area contributed by atoms with Crippen LogP contribution in [-0.2, 0) is 14.8 Å². The normalized spacial score (nSPS) is 11.4. The van der Waals surface area contributed by atoms with Gasteiger partial charge in [-0.15, -0.1) is 0 Å². The van der Waals surface area contributed by atoms with Gasteiger partial charge in [-0.2, -0.15) is 0 Å². The van der Waals surface area contributed by atoms with E-state index in [2.05, 4.69) is 21.2 Å². The maximum Gasteiger partial charge on any atom is 0.262 e. The topological polar surface area (TPSA) is 75.7 Å². The van der Waals surface area contributed by atoms with E-state index < -0.39 is 10.0 Å². The summed E-state index contributed by atoms with van der Waals surface area (Å²) in [5.74, 6) is 0.270. The van der Waals surface area contributed by atoms with E-state index in [0.717, 1.165) is 14.3 Å². The lowest BCUT2D eigenvalue weighted by Gasteiger charge is -2.12. The molecule has 0 saturated heterocycles. The summed E-state index contributed by atoms with van der Waals surface area (Å²) in [6, 6.07) is 11.4. The first kappa shape index (κ1) is 19.4. The highest BCUT2D eigenvalue weighted by Gasteiger charge is 2.16. The Morgan fingerprint density at radius 2 is 1.80 bits per heavy atom. The third-order valence-corrected chi connectivity index (χ3v) is 6.14. The van der Waals surface area contributed by atoms with Crippen LogP contribution in [-0.4, -0.2) is 39.3 Å². The molecule has 0 spiro atoms. The fourth-order valence-corrected chi connectivity index (χ4v) is 3.12. The van der Waals surface area contributed by atoms with E-state index >= 15 is 0 Å². The third-order valence-electron chi connectivity index (χ3n) is 3.42. The van der Waals surface area contributed by atoms with Crippen molar-refractivity contribution in [2.75, 3.05) is 26.0 Å². The molecule has 2 aromatic rings. The van der Waals surface area contributed by atoms with E-state index in [1.165, 1.54) is 38.4 Å². The summed E-state index contributed by atoms with van der Waals surface area (Å²) in [7, 11) is -0.555. The summed E-state index contributed by atoms with van der Waals surface area (Å²) in [4.78, 5) is 12.1. The van der Waals surface area contributed by atoms with Gasteiger partial charge in [-0.1, -0.05) is 15.9 Å². The van der Waals surface area contributed by atoms with Crippen molar-refractivity contribution in [1.29, 1.82) is 0 Å². The van der Waals surface area contributed by atoms with Crippen molar-refractivity contribution in [2.45, 2.75) is 11.8 Å². The lowest BCUT2D eigenvalue weighted by atomic mass is 10.2. The van der Waals surface area contributed by atoms with Gasteiger partial charge in [0.15, 0.2) is 6.61 Å². The van der Waals surface area contributed by atoms with Crippen LogP contribution in [0, 0.1) is 6.92 Å². The van der Waals surface area contributed by atoms with Crippen LogP contribution < -0.4 is 10.1 Å². The molecule has 0 aliphatic rings. The molecule has 0 aromatic heterocycles. The number of hydrogen-bond donors (Lipinski definition) is 1. The zero-order valence-electron chi connectivity index (χ0n) is 14.1. The molecule has 0 heterocycles. The van der Waals surface area contributed by atoms with Crippen molar-refractivity contribution in [3.05, 3.63) is 52.5 Å². The number of amides is 1. The molecule has 134 valence electrons. The van der Waals surface area contributed by atoms with Gasteiger partial charge in [0, 0.05) is 24.3 Å². The zero-order valence-corrected chi connectivity index (χ0v) is 16.5. The Morgan fingerprint density at radius 1 is 1.16 bits per heavy atom. The Hall–Kier alpha value is -1.90. The molecule has 0 radical (unpaired) electrons. The largest absolute Gasteiger partial charge is 0.484 e. The van der Waals surface area contributed by atoms with Gasteiger partial charge in [0.05, 0.1) is 4.90 Å². The van der Waals surface area contributed by atoms with Crippen LogP contribution in [0.5, 0.6) is 5.75 Å². The SMILES string of the molecule is Cc1cc(OCC(=O)Nc2ccc(S(=O)(=O)N(C)C)cc2)ccc1Br. The number of carbonyl (C=O) groups is 1. The van der Waals surface area contributed by atoms with E-state index in [-0.39, 0.29) is 17.4 Å². The standard InChI is InChI=1S/C17H19BrN2O4S/c1-12-10-14(6-9-16(12)18)24-11-17(21)19-13-4-7-15(8-5-13)25(22,23)20(2)3/h4-10H,11H2,1-3H3,(H,19,21). The van der Waals surface area contributed by atoms with Gasteiger partial charge in [-0.05, 0) is 55.0 Å². The molecule has 0 aliphatic carbocycles. The van der Waals surface area contributed by atoms with Crippen LogP contribution >= 0.6 is 15.9 Å². The van der Waals surface area contributed by atoms with Gasteiger partial charge in [0.1, 0.15) is 5.75 Å². The first-order chi connectivity index (χ1) is 11.7. The predicted octanol–water partition coefficient (Wildman–Crippen LogP) is 3.03. The first-order valence-electron chi connectivity index (χ1n) is 7.41. The van der Waals surface area contributed by atoms with Crippen LogP contribution in [0.3, 0.4) is 0 Å². The Balaban J connectivity index is 1.95. The van der Waals surface area contributed by atoms with Crippen molar-refractivity contribution in [3.8, 4) is 5.75 Å². The van der Waals surface area contributed by atoms with Crippen molar-refractivity contribution < 1.29 is 17.9 Å². The summed E-state index contributed by atoms with van der Waals surface area (Å²) >= 11 is 3.40. The highest BCUT2D eigenvalue weighted by molar-refractivity contribution is 9.10. The molecule has 0 unspecified atom stereocenters. The minimum Gasteiger partial charge on any atom is -0.484 e. The van der Waals surface area contributed by atoms with Crippen LogP contribution in [0.2, 0.25) is 0 Å². The van der Waals surface area contributed by atoms with Gasteiger partial charge < -0.3 is 10.1 Å². The number of halogens is 1. The predicted molar refractivity (Wildman–Crippen MR) is 100 cm³/mol. The molecule has 1 amide bonds. The molecule has 0 atom stereocenters. The van der Waals surface area contributed by atoms with Crippen LogP contribution in [0.4, 0.5) is 5.69 Å². The number of carbonyl (C=O) groups excluding carboxylic acids is 1. The molecule has 2 aromatic carbocycles. The second kappa shape index (κ2) is 7.99. The van der Waals surface area contributed by atoms with Gasteiger partial charge in [-0.3, -0.25) is 4.79 Å². The number of benzene rings is 2. The van der Waals surface area contributed by atoms with E-state index in [9.17, 15) is 13.2 Å². The highest BCUT2D eigenvalue weighted by atomic mass is 79.9. The second-order valence-corrected chi connectivity index (χ2v) is 8.57. The van der Waals surface area contributed by atoms with Crippen LogP contribution in [0.25, 0.3) is 0 Å². The minimum absolute atomic E-state index is 0.140. The van der Waals surface area contributed by atoms with E-state index in [1.54, 1.807) is 6.07 Å². The van der Waals surface area contributed by atoms with Crippen molar-refractivity contribution in [1.82, 2.24) is 4.31 Å². The number of nitrogens with one attached hydrogen (secondary N) is 1. The van der Waals surface area contributed by atoms with Crippen LogP contribution in [0.1, 0.15) is 5.56 Å². The number of ether oxygens (including phenoxy) is 1. The fraction of sp³-hybridized carbons (Fsp3) is 0.235. The lowest BCUT2D eigenvalue weighted by Crippen LogP contribution is -2.22. The second-order valence-electron chi connectivity index (χ2n) is 5.56. The van der Waals surface area contributed by atoms with E-state index in [1.807, 2.05) is 19.1 Å². The molecule has 8 heteroatoms. The van der Waals surface area contributed by atoms with Gasteiger partial charge >= 0.3 is 0 Å². The zero-order chi connectivity index (χ0) is 18.6. The number of sulfonamides is 1. The average molecular weight is 427 g/mol. The fourth-order valence-electron chi connectivity index (χ4n) is 1.97. The number of nitrogens with zero attached hydrogens (tertiary/aromatic N) is 1. The third kappa shape index (κ3) is 5.04. The van der Waals surface area contributed by atoms with E-state index in [0.29, 0.717) is 11.4 Å². The Labute approximate surface area is 156 Å². The minimum atomic E-state index is -3.48. The number of hydrogen-bond acceptors (Lipinski definition) is 4. The summed E-state index contributed by atoms with van der Waals surface area (Å²) in [6.45, 7) is 1.79. The molecule has 0 aliphatic heterocycles. The Kier molecular flexibility index (Phi) is 6.21. The average Bonchev–Trinajstić information content (AvgIpc) is 2.56. The Bertz CT molecular complexity index is 865. The van der Waals surface area contributed by atoms with Crippen molar-refractivity contribution >= 4 is 37.5 Å². The molecular formula is C17H19BrN2O4S. The van der Waals surface area contributed by atoms with Crippen molar-refractivity contribution in [2.24, 2.45) is 0 Å². The van der Waals surface area contributed by atoms with Gasteiger partial charge in [0.2, 0.25) is 10.0 Å². The summed E-state index contributed by atoms with van der Waals surface area (Å²) in [5, 5.41) is 2.66. The van der Waals surface area contributed by atoms with Crippen LogP contribution in [0.15, 0.2) is 51.8 Å². The molecule has 2 rings (SSSR count). The number of rotatable bonds is 6. The Morgan fingerprint density at radius 3 is 2.36 bits per heavy atom. The number of aryl methyl sites for hydroxylation is 1. The molecule has 0 fully saturated rings. The first-order valence-corrected chi connectivity index (χ1v) is 9.65. The lowest BCUT2D eigenvalue weighted by molar-refractivity contribution is -0.118. The maximum absolute atomic E-state index is 12.0. The van der Waals surface area contributed by atoms with Gasteiger partial charge in [-0.25, -0.2) is 12.7 Å². The summed E-state index contributed by atoms with van der Waals surface area (Å²) in [6.07, 6.45) is 0. The molecule has 0 saturated carbocycles. The monoisotopic (exact) mass is 426 g/mol. The molecule has 0 bridgehead atoms. The summed E-state index contributed by atoms with van der Waals surface area (Å²) < 4.78 is 31.5. The molecular weight excluding hydrogens is 408 g/mol. The molecule has 1 N–H and O–H groups in total. The highest BCUT2D eigenvalue weighted by Crippen LogP contribution is 2.21. The van der Waals surface area contributed by atoms with Gasteiger partial charge in [0.25, 0.3) is 5.91 Å². The number of anilines is 1. The molecule has 6 nitrogen and oxygen atoms in total.